The lowest BCUT2D eigenvalue weighted by molar-refractivity contribution is 0.0572. The Balaban J connectivity index is 2.10. The van der Waals surface area contributed by atoms with Gasteiger partial charge in [-0.15, -0.1) is 0 Å². The third-order valence-corrected chi connectivity index (χ3v) is 4.86. The SMILES string of the molecule is O=S(=O)(C1CC1)N1CC(O)C(O)C1. The zero-order valence-electron chi connectivity index (χ0n) is 7.13. The van der Waals surface area contributed by atoms with Gasteiger partial charge in [-0.2, -0.15) is 4.31 Å². The molecule has 6 heteroatoms. The van der Waals surface area contributed by atoms with E-state index in [4.69, 9.17) is 0 Å². The van der Waals surface area contributed by atoms with Gasteiger partial charge in [0.1, 0.15) is 0 Å². The minimum Gasteiger partial charge on any atom is -0.389 e. The molecular formula is C7H13NO4S. The molecule has 2 aliphatic rings. The lowest BCUT2D eigenvalue weighted by Gasteiger charge is -2.14. The van der Waals surface area contributed by atoms with Crippen molar-refractivity contribution in [3.05, 3.63) is 0 Å². The summed E-state index contributed by atoms with van der Waals surface area (Å²) < 4.78 is 24.4. The maximum atomic E-state index is 11.6. The van der Waals surface area contributed by atoms with Crippen molar-refractivity contribution in [2.75, 3.05) is 13.1 Å². The molecule has 1 saturated carbocycles. The van der Waals surface area contributed by atoms with Gasteiger partial charge in [-0.1, -0.05) is 0 Å². The molecule has 0 spiro atoms. The maximum Gasteiger partial charge on any atom is 0.217 e. The van der Waals surface area contributed by atoms with E-state index < -0.39 is 22.2 Å². The molecule has 0 radical (unpaired) electrons. The average molecular weight is 207 g/mol. The van der Waals surface area contributed by atoms with Crippen LogP contribution < -0.4 is 0 Å². The third kappa shape index (κ3) is 1.59. The number of aliphatic hydroxyl groups excluding tert-OH is 2. The molecule has 1 aliphatic carbocycles. The normalized spacial score (nSPS) is 36.8. The molecule has 1 saturated heterocycles. The Morgan fingerprint density at radius 2 is 1.54 bits per heavy atom. The summed E-state index contributed by atoms with van der Waals surface area (Å²) >= 11 is 0. The van der Waals surface area contributed by atoms with Crippen LogP contribution >= 0.6 is 0 Å². The first kappa shape index (κ1) is 9.39. The summed E-state index contributed by atoms with van der Waals surface area (Å²) in [5, 5.41) is 18.1. The Labute approximate surface area is 77.0 Å². The quantitative estimate of drug-likeness (QED) is 0.578. The molecule has 2 N–H and O–H groups in total. The van der Waals surface area contributed by atoms with Crippen molar-refractivity contribution in [3.8, 4) is 0 Å². The van der Waals surface area contributed by atoms with Crippen molar-refractivity contribution < 1.29 is 18.6 Å². The fourth-order valence-electron chi connectivity index (χ4n) is 1.52. The summed E-state index contributed by atoms with van der Waals surface area (Å²) in [6, 6.07) is 0. The highest BCUT2D eigenvalue weighted by Crippen LogP contribution is 2.32. The van der Waals surface area contributed by atoms with E-state index in [0.717, 1.165) is 0 Å². The molecule has 13 heavy (non-hydrogen) atoms. The van der Waals surface area contributed by atoms with E-state index in [1.54, 1.807) is 0 Å². The second kappa shape index (κ2) is 2.91. The van der Waals surface area contributed by atoms with E-state index in [-0.39, 0.29) is 18.3 Å². The molecule has 5 nitrogen and oxygen atoms in total. The van der Waals surface area contributed by atoms with E-state index in [1.165, 1.54) is 4.31 Å². The molecule has 2 unspecified atom stereocenters. The monoisotopic (exact) mass is 207 g/mol. The van der Waals surface area contributed by atoms with Crippen molar-refractivity contribution in [2.24, 2.45) is 0 Å². The highest BCUT2D eigenvalue weighted by atomic mass is 32.2. The molecule has 1 aliphatic heterocycles. The van der Waals surface area contributed by atoms with Crippen LogP contribution in [-0.2, 0) is 10.0 Å². The van der Waals surface area contributed by atoms with Gasteiger partial charge in [-0.3, -0.25) is 0 Å². The molecule has 0 aromatic carbocycles. The number of β-amino-alcohol motifs (C(OH)–C–C–N with tert-alkyl or cyclic N) is 2. The van der Waals surface area contributed by atoms with Crippen LogP contribution in [0.15, 0.2) is 0 Å². The molecule has 76 valence electrons. The van der Waals surface area contributed by atoms with Crippen LogP contribution in [0.1, 0.15) is 12.8 Å². The van der Waals surface area contributed by atoms with Gasteiger partial charge in [0.2, 0.25) is 10.0 Å². The largest absolute Gasteiger partial charge is 0.389 e. The Bertz CT molecular complexity index is 288. The Morgan fingerprint density at radius 3 is 1.92 bits per heavy atom. The first-order valence-corrected chi connectivity index (χ1v) is 5.87. The van der Waals surface area contributed by atoms with Crippen molar-refractivity contribution >= 4 is 10.0 Å². The van der Waals surface area contributed by atoms with Crippen molar-refractivity contribution in [3.63, 3.8) is 0 Å². The number of rotatable bonds is 2. The van der Waals surface area contributed by atoms with Crippen LogP contribution in [0.4, 0.5) is 0 Å². The molecule has 0 amide bonds. The van der Waals surface area contributed by atoms with E-state index in [2.05, 4.69) is 0 Å². The minimum absolute atomic E-state index is 0.0417. The van der Waals surface area contributed by atoms with Gasteiger partial charge in [-0.25, -0.2) is 8.42 Å². The summed E-state index contributed by atoms with van der Waals surface area (Å²) in [5.41, 5.74) is 0. The maximum absolute atomic E-state index is 11.6. The molecule has 2 fully saturated rings. The average Bonchev–Trinajstić information content (AvgIpc) is 2.81. The van der Waals surface area contributed by atoms with Crippen molar-refractivity contribution in [2.45, 2.75) is 30.3 Å². The van der Waals surface area contributed by atoms with Gasteiger partial charge in [0.05, 0.1) is 17.5 Å². The molecule has 1 heterocycles. The zero-order valence-corrected chi connectivity index (χ0v) is 7.94. The van der Waals surface area contributed by atoms with Crippen LogP contribution in [-0.4, -0.2) is 53.5 Å². The van der Waals surface area contributed by atoms with Crippen LogP contribution in [0.5, 0.6) is 0 Å². The first-order chi connectivity index (χ1) is 6.01. The molecular weight excluding hydrogens is 194 g/mol. The number of hydrogen-bond donors (Lipinski definition) is 2. The summed E-state index contributed by atoms with van der Waals surface area (Å²) in [7, 11) is -3.22. The van der Waals surface area contributed by atoms with Crippen LogP contribution in [0.3, 0.4) is 0 Å². The number of sulfonamides is 1. The van der Waals surface area contributed by atoms with Crippen LogP contribution in [0, 0.1) is 0 Å². The number of nitrogens with zero attached hydrogens (tertiary/aromatic N) is 1. The zero-order chi connectivity index (χ0) is 9.64. The molecule has 2 rings (SSSR count). The van der Waals surface area contributed by atoms with Gasteiger partial charge in [0, 0.05) is 13.1 Å². The predicted octanol–water partition coefficient (Wildman–Crippen LogP) is -1.48. The topological polar surface area (TPSA) is 77.8 Å². The van der Waals surface area contributed by atoms with Gasteiger partial charge in [-0.05, 0) is 12.8 Å². The van der Waals surface area contributed by atoms with E-state index in [1.807, 2.05) is 0 Å². The van der Waals surface area contributed by atoms with E-state index >= 15 is 0 Å². The number of hydrogen-bond acceptors (Lipinski definition) is 4. The Morgan fingerprint density at radius 1 is 1.08 bits per heavy atom. The van der Waals surface area contributed by atoms with E-state index in [0.29, 0.717) is 12.8 Å². The summed E-state index contributed by atoms with van der Waals surface area (Å²) in [6.07, 6.45) is -0.419. The van der Waals surface area contributed by atoms with Crippen molar-refractivity contribution in [1.29, 1.82) is 0 Å². The van der Waals surface area contributed by atoms with Crippen molar-refractivity contribution in [1.82, 2.24) is 4.31 Å². The Hall–Kier alpha value is -0.170. The lowest BCUT2D eigenvalue weighted by atomic mass is 10.3. The molecule has 0 aromatic rings. The molecule has 0 bridgehead atoms. The highest BCUT2D eigenvalue weighted by Gasteiger charge is 2.44. The van der Waals surface area contributed by atoms with Gasteiger partial charge < -0.3 is 10.2 Å². The summed E-state index contributed by atoms with van der Waals surface area (Å²) in [4.78, 5) is 0. The standard InChI is InChI=1S/C7H13NO4S/c9-6-3-8(4-7(6)10)13(11,12)5-1-2-5/h5-7,9-10H,1-4H2. The minimum atomic E-state index is -3.22. The highest BCUT2D eigenvalue weighted by molar-refractivity contribution is 7.90. The fourth-order valence-corrected chi connectivity index (χ4v) is 3.39. The Kier molecular flexibility index (Phi) is 2.10. The smallest absolute Gasteiger partial charge is 0.217 e. The second-order valence-corrected chi connectivity index (χ2v) is 5.91. The third-order valence-electron chi connectivity index (χ3n) is 2.53. The lowest BCUT2D eigenvalue weighted by Crippen LogP contribution is -2.32. The summed E-state index contributed by atoms with van der Waals surface area (Å²) in [6.45, 7) is 0.0833. The van der Waals surface area contributed by atoms with Crippen LogP contribution in [0.2, 0.25) is 0 Å². The van der Waals surface area contributed by atoms with Gasteiger partial charge in [0.15, 0.2) is 0 Å². The van der Waals surface area contributed by atoms with Gasteiger partial charge in [0.25, 0.3) is 0 Å². The van der Waals surface area contributed by atoms with Gasteiger partial charge >= 0.3 is 0 Å². The molecule has 2 atom stereocenters. The first-order valence-electron chi connectivity index (χ1n) is 4.37. The number of aliphatic hydroxyl groups is 2. The molecule has 0 aromatic heterocycles. The second-order valence-electron chi connectivity index (χ2n) is 3.70. The predicted molar refractivity (Wildman–Crippen MR) is 45.5 cm³/mol. The fraction of sp³-hybridized carbons (Fsp3) is 1.00. The van der Waals surface area contributed by atoms with Crippen LogP contribution in [0.25, 0.3) is 0 Å². The van der Waals surface area contributed by atoms with E-state index in [9.17, 15) is 18.6 Å². The summed E-state index contributed by atoms with van der Waals surface area (Å²) in [5.74, 6) is 0.